The van der Waals surface area contributed by atoms with Crippen molar-refractivity contribution in [1.29, 1.82) is 0 Å². The SMILES string of the molecule is CCC(NC(=O)C1CC(NC(=O)COCCOCCOCCOCCOc2cc3nccc(Nc4ccc5scnc5c4)c3cc2S(=O)(=O)C(C)(C)C)CN1C(=O)C(NC(=O)C(C)NC)C(C)(C)C)c1ccccc1. The molecule has 1 saturated heterocycles. The average molecular weight is 1080 g/mol. The lowest BCUT2D eigenvalue weighted by Gasteiger charge is -2.36. The zero-order valence-electron chi connectivity index (χ0n) is 44.5. The van der Waals surface area contributed by atoms with Crippen LogP contribution in [0.25, 0.3) is 21.1 Å². The molecule has 5 aromatic rings. The summed E-state index contributed by atoms with van der Waals surface area (Å²) in [7, 11) is -2.18. The Bertz CT molecular complexity index is 2820. The third-order valence-electron chi connectivity index (χ3n) is 12.8. The van der Waals surface area contributed by atoms with Crippen molar-refractivity contribution in [2.24, 2.45) is 5.41 Å². The number of hydrogen-bond acceptors (Lipinski definition) is 16. The number of benzene rings is 3. The summed E-state index contributed by atoms with van der Waals surface area (Å²) < 4.78 is 56.3. The van der Waals surface area contributed by atoms with Gasteiger partial charge in [0.25, 0.3) is 0 Å². The number of likely N-dealkylation sites (N-methyl/N-ethyl adjacent to an activating group) is 1. The van der Waals surface area contributed by atoms with Crippen molar-refractivity contribution in [3.05, 3.63) is 84.0 Å². The number of ether oxygens (including phenoxy) is 5. The molecular formula is C54H74N8O11S2. The smallest absolute Gasteiger partial charge is 0.246 e. The molecule has 1 aliphatic rings. The molecule has 0 bridgehead atoms. The number of sulfone groups is 1. The summed E-state index contributed by atoms with van der Waals surface area (Å²) in [5.74, 6) is -1.32. The van der Waals surface area contributed by atoms with E-state index in [1.54, 1.807) is 76.0 Å². The van der Waals surface area contributed by atoms with E-state index in [2.05, 4.69) is 36.6 Å². The van der Waals surface area contributed by atoms with Gasteiger partial charge in [-0.05, 0) is 88.9 Å². The van der Waals surface area contributed by atoms with Crippen LogP contribution in [0.1, 0.15) is 79.8 Å². The van der Waals surface area contributed by atoms with Crippen molar-refractivity contribution >= 4 is 77.3 Å². The van der Waals surface area contributed by atoms with Crippen LogP contribution >= 0.6 is 11.3 Å². The summed E-state index contributed by atoms with van der Waals surface area (Å²) in [6.07, 6.45) is 2.46. The van der Waals surface area contributed by atoms with Gasteiger partial charge in [0.05, 0.1) is 84.3 Å². The molecule has 0 radical (unpaired) electrons. The number of carbonyl (C=O) groups excluding carboxylic acids is 4. The highest BCUT2D eigenvalue weighted by Gasteiger charge is 2.46. The van der Waals surface area contributed by atoms with E-state index in [4.69, 9.17) is 23.7 Å². The molecule has 19 nitrogen and oxygen atoms in total. The Morgan fingerprint density at radius 1 is 0.813 bits per heavy atom. The van der Waals surface area contributed by atoms with Gasteiger partial charge in [0.2, 0.25) is 23.6 Å². The predicted molar refractivity (Wildman–Crippen MR) is 290 cm³/mol. The van der Waals surface area contributed by atoms with E-state index in [1.807, 2.05) is 76.2 Å². The van der Waals surface area contributed by atoms with E-state index >= 15 is 0 Å². The first-order valence-electron chi connectivity index (χ1n) is 25.4. The van der Waals surface area contributed by atoms with Crippen LogP contribution in [0, 0.1) is 5.41 Å². The van der Waals surface area contributed by atoms with Crippen molar-refractivity contribution in [3.63, 3.8) is 0 Å². The Kier molecular flexibility index (Phi) is 20.9. The summed E-state index contributed by atoms with van der Waals surface area (Å²) in [5.41, 5.74) is 4.97. The van der Waals surface area contributed by atoms with Crippen molar-refractivity contribution in [2.75, 3.05) is 78.4 Å². The van der Waals surface area contributed by atoms with Gasteiger partial charge in [-0.3, -0.25) is 24.2 Å². The second kappa shape index (κ2) is 26.8. The van der Waals surface area contributed by atoms with E-state index in [0.29, 0.717) is 29.6 Å². The van der Waals surface area contributed by atoms with E-state index in [1.165, 1.54) is 4.90 Å². The molecular weight excluding hydrogens is 1000 g/mol. The maximum absolute atomic E-state index is 14.3. The summed E-state index contributed by atoms with van der Waals surface area (Å²) in [6.45, 7) is 15.7. The number of anilines is 2. The predicted octanol–water partition coefficient (Wildman–Crippen LogP) is 6.10. The van der Waals surface area contributed by atoms with Gasteiger partial charge in [-0.15, -0.1) is 11.3 Å². The highest BCUT2D eigenvalue weighted by molar-refractivity contribution is 7.92. The summed E-state index contributed by atoms with van der Waals surface area (Å²) in [6, 6.07) is 17.3. The molecule has 2 aromatic heterocycles. The van der Waals surface area contributed by atoms with Crippen LogP contribution in [-0.2, 0) is 48.0 Å². The highest BCUT2D eigenvalue weighted by Crippen LogP contribution is 2.38. The maximum atomic E-state index is 14.3. The number of nitrogens with one attached hydrogen (secondary N) is 5. The number of thiazole rings is 1. The summed E-state index contributed by atoms with van der Waals surface area (Å²) in [4.78, 5) is 64.9. The standard InChI is InChI=1S/C54H74N8O11S2/c1-10-40(36-14-12-11-13-15-36)60-51(65)44-29-38(32-62(44)52(66)49(53(3,4)5)61-50(64)35(2)55-9)59-48(63)33-72-25-24-70-21-20-69-22-23-71-26-27-73-45-31-42-39(30-47(45)75(67,68)54(6,7)8)41(18-19-56-42)58-37-16-17-46-43(28-37)57-34-74-46/h11-19,28,30-31,34-35,38,40,44,49,55H,10,20-27,29,32-33H2,1-9H3,(H,56,58)(H,59,63)(H,60,65)(H,61,64). The molecule has 5 N–H and O–H groups in total. The van der Waals surface area contributed by atoms with Gasteiger partial charge >= 0.3 is 0 Å². The lowest BCUT2D eigenvalue weighted by Crippen LogP contribution is -2.59. The molecule has 0 saturated carbocycles. The second-order valence-corrected chi connectivity index (χ2v) is 24.0. The van der Waals surface area contributed by atoms with Gasteiger partial charge in [0.15, 0.2) is 9.84 Å². The van der Waals surface area contributed by atoms with Crippen LogP contribution in [0.3, 0.4) is 0 Å². The van der Waals surface area contributed by atoms with Crippen molar-refractivity contribution in [2.45, 2.75) is 108 Å². The molecule has 1 aliphatic heterocycles. The Morgan fingerprint density at radius 2 is 1.48 bits per heavy atom. The number of hydrogen-bond donors (Lipinski definition) is 5. The van der Waals surface area contributed by atoms with E-state index in [9.17, 15) is 27.6 Å². The zero-order valence-corrected chi connectivity index (χ0v) is 46.2. The number of fused-ring (bicyclic) bond motifs is 2. The molecule has 3 heterocycles. The fraction of sp³-hybridized carbons (Fsp3) is 0.519. The molecule has 0 spiro atoms. The summed E-state index contributed by atoms with van der Waals surface area (Å²) >= 11 is 1.56. The largest absolute Gasteiger partial charge is 0.490 e. The topological polar surface area (TPSA) is 238 Å². The average Bonchev–Trinajstić information content (AvgIpc) is 4.03. The van der Waals surface area contributed by atoms with Crippen molar-refractivity contribution in [1.82, 2.24) is 36.1 Å². The molecule has 21 heteroatoms. The van der Waals surface area contributed by atoms with E-state index in [-0.39, 0.29) is 94.3 Å². The van der Waals surface area contributed by atoms with Crippen LogP contribution < -0.4 is 31.3 Å². The van der Waals surface area contributed by atoms with Crippen LogP contribution in [0.2, 0.25) is 0 Å². The molecule has 75 heavy (non-hydrogen) atoms. The minimum Gasteiger partial charge on any atom is -0.490 e. The maximum Gasteiger partial charge on any atom is 0.246 e. The number of carbonyl (C=O) groups is 4. The van der Waals surface area contributed by atoms with E-state index in [0.717, 1.165) is 21.5 Å². The Morgan fingerprint density at radius 3 is 2.12 bits per heavy atom. The monoisotopic (exact) mass is 1070 g/mol. The van der Waals surface area contributed by atoms with Crippen molar-refractivity contribution in [3.8, 4) is 5.75 Å². The molecule has 4 amide bonds. The van der Waals surface area contributed by atoms with Gasteiger partial charge in [0, 0.05) is 41.6 Å². The van der Waals surface area contributed by atoms with Crippen LogP contribution in [-0.4, -0.2) is 149 Å². The van der Waals surface area contributed by atoms with Gasteiger partial charge in [-0.1, -0.05) is 58.0 Å². The van der Waals surface area contributed by atoms with Crippen LogP contribution in [0.5, 0.6) is 5.75 Å². The molecule has 3 aromatic carbocycles. The fourth-order valence-electron chi connectivity index (χ4n) is 8.33. The van der Waals surface area contributed by atoms with Crippen molar-refractivity contribution < 1.29 is 51.3 Å². The van der Waals surface area contributed by atoms with Gasteiger partial charge < -0.3 is 55.2 Å². The number of likely N-dealkylation sites (tertiary alicyclic amines) is 1. The van der Waals surface area contributed by atoms with E-state index < -0.39 is 56.0 Å². The highest BCUT2D eigenvalue weighted by atomic mass is 32.2. The Hall–Kier alpha value is -5.81. The minimum absolute atomic E-state index is 0.0612. The Labute approximate surface area is 444 Å². The number of aromatic nitrogens is 2. The first-order valence-corrected chi connectivity index (χ1v) is 27.7. The number of rotatable bonds is 27. The molecule has 408 valence electrons. The lowest BCUT2D eigenvalue weighted by atomic mass is 9.85. The second-order valence-electron chi connectivity index (χ2n) is 20.4. The van der Waals surface area contributed by atoms with Gasteiger partial charge in [0.1, 0.15) is 35.9 Å². The first-order chi connectivity index (χ1) is 35.7. The van der Waals surface area contributed by atoms with Crippen LogP contribution in [0.15, 0.2) is 83.3 Å². The molecule has 5 unspecified atom stereocenters. The quantitative estimate of drug-likeness (QED) is 0.0374. The zero-order chi connectivity index (χ0) is 54.3. The number of amides is 4. The molecule has 1 fully saturated rings. The van der Waals surface area contributed by atoms with Gasteiger partial charge in [-0.25, -0.2) is 13.4 Å². The molecule has 6 rings (SSSR count). The third kappa shape index (κ3) is 15.9. The van der Waals surface area contributed by atoms with Crippen LogP contribution in [0.4, 0.5) is 11.4 Å². The molecule has 5 atom stereocenters. The third-order valence-corrected chi connectivity index (χ3v) is 16.1. The molecule has 0 aliphatic carbocycles. The Balaban J connectivity index is 0.904. The first kappa shape index (κ1) is 58.5. The van der Waals surface area contributed by atoms with Gasteiger partial charge in [-0.2, -0.15) is 0 Å². The fourth-order valence-corrected chi connectivity index (χ4v) is 10.3. The number of nitrogens with zero attached hydrogens (tertiary/aromatic N) is 3. The lowest BCUT2D eigenvalue weighted by molar-refractivity contribution is -0.144. The normalized spacial score (nSPS) is 16.4. The summed E-state index contributed by atoms with van der Waals surface area (Å²) in [5, 5.41) is 15.9. The number of pyridine rings is 1. The minimum atomic E-state index is -3.84.